The van der Waals surface area contributed by atoms with Gasteiger partial charge in [0, 0.05) is 5.56 Å². The van der Waals surface area contributed by atoms with Crippen LogP contribution < -0.4 is 0 Å². The Morgan fingerprint density at radius 3 is 3.00 bits per heavy atom. The summed E-state index contributed by atoms with van der Waals surface area (Å²) < 4.78 is 5.15. The van der Waals surface area contributed by atoms with Crippen LogP contribution in [0, 0.1) is 6.92 Å². The number of aliphatic imine (C=N–C) groups is 1. The Morgan fingerprint density at radius 2 is 2.33 bits per heavy atom. The fraction of sp³-hybridized carbons (Fsp3) is 0.333. The van der Waals surface area contributed by atoms with Crippen LogP contribution in [0.1, 0.15) is 29.7 Å². The van der Waals surface area contributed by atoms with Gasteiger partial charge in [-0.3, -0.25) is 4.79 Å². The minimum absolute atomic E-state index is 0.498. The summed E-state index contributed by atoms with van der Waals surface area (Å²) >= 11 is 0. The summed E-state index contributed by atoms with van der Waals surface area (Å²) in [6.45, 7) is 4.09. The molecule has 0 amide bonds. The van der Waals surface area contributed by atoms with E-state index in [2.05, 4.69) is 18.0 Å². The average molecular weight is 203 g/mol. The van der Waals surface area contributed by atoms with Crippen LogP contribution in [-0.4, -0.2) is 12.7 Å². The zero-order valence-corrected chi connectivity index (χ0v) is 8.86. The second-order valence-corrected chi connectivity index (χ2v) is 3.63. The van der Waals surface area contributed by atoms with Crippen molar-refractivity contribution in [2.24, 2.45) is 4.99 Å². The molecule has 0 aromatic heterocycles. The van der Waals surface area contributed by atoms with Gasteiger partial charge in [-0.2, -0.15) is 0 Å². The summed E-state index contributed by atoms with van der Waals surface area (Å²) in [6.07, 6.45) is 2.61. The van der Waals surface area contributed by atoms with E-state index in [4.69, 9.17) is 4.74 Å². The number of nitrogens with zero attached hydrogens (tertiary/aromatic N) is 1. The molecular formula is C12H13NO2. The Kier molecular flexibility index (Phi) is 2.54. The molecule has 0 aliphatic carbocycles. The highest BCUT2D eigenvalue weighted by Crippen LogP contribution is 2.34. The van der Waals surface area contributed by atoms with Crippen LogP contribution in [0.2, 0.25) is 0 Å². The van der Waals surface area contributed by atoms with Gasteiger partial charge in [-0.05, 0) is 30.5 Å². The monoisotopic (exact) mass is 203 g/mol. The van der Waals surface area contributed by atoms with E-state index in [0.717, 1.165) is 29.5 Å². The first-order valence-electron chi connectivity index (χ1n) is 5.03. The van der Waals surface area contributed by atoms with E-state index >= 15 is 0 Å². The number of benzene rings is 1. The van der Waals surface area contributed by atoms with Gasteiger partial charge < -0.3 is 4.74 Å². The molecule has 1 aromatic carbocycles. The molecule has 15 heavy (non-hydrogen) atoms. The van der Waals surface area contributed by atoms with E-state index in [9.17, 15) is 4.79 Å². The van der Waals surface area contributed by atoms with Crippen molar-refractivity contribution in [1.29, 1.82) is 0 Å². The summed E-state index contributed by atoms with van der Waals surface area (Å²) in [6, 6.07) is 4.10. The normalized spacial score (nSPS) is 18.1. The molecule has 1 aromatic rings. The Labute approximate surface area is 88.8 Å². The van der Waals surface area contributed by atoms with Crippen LogP contribution in [0.15, 0.2) is 17.1 Å². The summed E-state index contributed by atoms with van der Waals surface area (Å²) in [4.78, 5) is 15.0. The minimum Gasteiger partial charge on any atom is -0.468 e. The standard InChI is InChI=1S/C12H13NO2/c1-3-9-4-8(2)12-10(5-9)11(6-14)15-7-13-12/h4-7,11H,3H2,1-2H3. The molecule has 1 aliphatic rings. The van der Waals surface area contributed by atoms with Gasteiger partial charge in [0.05, 0.1) is 5.69 Å². The smallest absolute Gasteiger partial charge is 0.182 e. The van der Waals surface area contributed by atoms with Gasteiger partial charge in [0.15, 0.2) is 18.8 Å². The van der Waals surface area contributed by atoms with E-state index in [0.29, 0.717) is 0 Å². The van der Waals surface area contributed by atoms with Gasteiger partial charge in [0.1, 0.15) is 0 Å². The van der Waals surface area contributed by atoms with Gasteiger partial charge in [-0.15, -0.1) is 0 Å². The maximum absolute atomic E-state index is 10.8. The zero-order chi connectivity index (χ0) is 10.8. The molecular weight excluding hydrogens is 190 g/mol. The highest BCUT2D eigenvalue weighted by atomic mass is 16.5. The molecule has 0 saturated carbocycles. The number of carbonyl (C=O) groups excluding carboxylic acids is 1. The number of hydrogen-bond donors (Lipinski definition) is 0. The van der Waals surface area contributed by atoms with E-state index < -0.39 is 6.10 Å². The molecule has 0 spiro atoms. The van der Waals surface area contributed by atoms with Crippen molar-refractivity contribution in [3.63, 3.8) is 0 Å². The Balaban J connectivity index is 2.59. The molecule has 2 rings (SSSR count). The third-order valence-electron chi connectivity index (χ3n) is 2.62. The maximum atomic E-state index is 10.8. The molecule has 1 aliphatic heterocycles. The van der Waals surface area contributed by atoms with E-state index in [-0.39, 0.29) is 0 Å². The fourth-order valence-corrected chi connectivity index (χ4v) is 1.81. The summed E-state index contributed by atoms with van der Waals surface area (Å²) in [5, 5.41) is 0. The summed E-state index contributed by atoms with van der Waals surface area (Å²) in [7, 11) is 0. The van der Waals surface area contributed by atoms with Gasteiger partial charge in [-0.1, -0.05) is 13.0 Å². The molecule has 1 heterocycles. The number of hydrogen-bond acceptors (Lipinski definition) is 3. The lowest BCUT2D eigenvalue weighted by Gasteiger charge is -2.19. The first-order valence-corrected chi connectivity index (χ1v) is 5.03. The molecule has 0 fully saturated rings. The SMILES string of the molecule is CCc1cc(C)c2c(c1)C(C=O)OC=N2. The van der Waals surface area contributed by atoms with Gasteiger partial charge in [0.25, 0.3) is 0 Å². The quantitative estimate of drug-likeness (QED) is 0.692. The van der Waals surface area contributed by atoms with Crippen molar-refractivity contribution >= 4 is 18.4 Å². The number of aryl methyl sites for hydroxylation is 2. The van der Waals surface area contributed by atoms with E-state index in [1.54, 1.807) is 0 Å². The highest BCUT2D eigenvalue weighted by molar-refractivity contribution is 5.75. The minimum atomic E-state index is -0.498. The lowest BCUT2D eigenvalue weighted by atomic mass is 9.98. The number of fused-ring (bicyclic) bond motifs is 1. The molecule has 0 saturated heterocycles. The number of ether oxygens (including phenoxy) is 1. The van der Waals surface area contributed by atoms with E-state index in [1.807, 2.05) is 13.0 Å². The summed E-state index contributed by atoms with van der Waals surface area (Å²) in [5.41, 5.74) is 4.05. The topological polar surface area (TPSA) is 38.7 Å². The third-order valence-corrected chi connectivity index (χ3v) is 2.62. The molecule has 0 N–H and O–H groups in total. The number of aldehydes is 1. The molecule has 3 nitrogen and oxygen atoms in total. The summed E-state index contributed by atoms with van der Waals surface area (Å²) in [5.74, 6) is 0. The Bertz CT molecular complexity index is 424. The average Bonchev–Trinajstić information content (AvgIpc) is 2.28. The zero-order valence-electron chi connectivity index (χ0n) is 8.86. The number of carbonyl (C=O) groups is 1. The van der Waals surface area contributed by atoms with Crippen LogP contribution in [-0.2, 0) is 16.0 Å². The van der Waals surface area contributed by atoms with E-state index in [1.165, 1.54) is 12.0 Å². The largest absolute Gasteiger partial charge is 0.468 e. The van der Waals surface area contributed by atoms with Crippen molar-refractivity contribution < 1.29 is 9.53 Å². The second-order valence-electron chi connectivity index (χ2n) is 3.63. The maximum Gasteiger partial charge on any atom is 0.182 e. The first-order chi connectivity index (χ1) is 7.26. The lowest BCUT2D eigenvalue weighted by Crippen LogP contribution is -2.10. The molecule has 0 radical (unpaired) electrons. The number of rotatable bonds is 2. The van der Waals surface area contributed by atoms with Gasteiger partial charge >= 0.3 is 0 Å². The highest BCUT2D eigenvalue weighted by Gasteiger charge is 2.20. The Morgan fingerprint density at radius 1 is 1.53 bits per heavy atom. The predicted molar refractivity (Wildman–Crippen MR) is 58.6 cm³/mol. The van der Waals surface area contributed by atoms with Gasteiger partial charge in [0.2, 0.25) is 0 Å². The molecule has 78 valence electrons. The molecule has 3 heteroatoms. The van der Waals surface area contributed by atoms with Crippen LogP contribution in [0.25, 0.3) is 0 Å². The van der Waals surface area contributed by atoms with Crippen molar-refractivity contribution in [3.05, 3.63) is 28.8 Å². The van der Waals surface area contributed by atoms with Crippen molar-refractivity contribution in [1.82, 2.24) is 0 Å². The second kappa shape index (κ2) is 3.85. The van der Waals surface area contributed by atoms with Crippen LogP contribution in [0.4, 0.5) is 5.69 Å². The predicted octanol–water partition coefficient (Wildman–Crippen LogP) is 2.49. The molecule has 1 atom stereocenters. The van der Waals surface area contributed by atoms with Crippen molar-refractivity contribution in [2.75, 3.05) is 0 Å². The van der Waals surface area contributed by atoms with Crippen molar-refractivity contribution in [2.45, 2.75) is 26.4 Å². The third kappa shape index (κ3) is 1.65. The van der Waals surface area contributed by atoms with Crippen LogP contribution >= 0.6 is 0 Å². The van der Waals surface area contributed by atoms with Crippen LogP contribution in [0.3, 0.4) is 0 Å². The fourth-order valence-electron chi connectivity index (χ4n) is 1.81. The lowest BCUT2D eigenvalue weighted by molar-refractivity contribution is -0.114. The molecule has 1 unspecified atom stereocenters. The first kappa shape index (κ1) is 9.90. The Hall–Kier alpha value is -1.64. The van der Waals surface area contributed by atoms with Crippen molar-refractivity contribution in [3.8, 4) is 0 Å². The molecule has 0 bridgehead atoms. The van der Waals surface area contributed by atoms with Gasteiger partial charge in [-0.25, -0.2) is 4.99 Å². The van der Waals surface area contributed by atoms with Crippen LogP contribution in [0.5, 0.6) is 0 Å².